The molecule has 0 unspecified atom stereocenters. The van der Waals surface area contributed by atoms with Crippen molar-refractivity contribution < 1.29 is 19.4 Å². The summed E-state index contributed by atoms with van der Waals surface area (Å²) in [6.07, 6.45) is 0.668. The molecule has 0 radical (unpaired) electrons. The Morgan fingerprint density at radius 2 is 2.16 bits per heavy atom. The number of ether oxygens (including phenoxy) is 1. The van der Waals surface area contributed by atoms with Crippen molar-refractivity contribution in [2.75, 3.05) is 6.61 Å². The third-order valence-electron chi connectivity index (χ3n) is 2.30. The number of hydrogen-bond donors (Lipinski definition) is 2. The molecule has 0 fully saturated rings. The van der Waals surface area contributed by atoms with E-state index in [1.807, 2.05) is 0 Å². The molecule has 0 aliphatic heterocycles. The highest BCUT2D eigenvalue weighted by molar-refractivity contribution is 6.31. The molecule has 0 aliphatic rings. The summed E-state index contributed by atoms with van der Waals surface area (Å²) in [6, 6.07) is 5.75. The van der Waals surface area contributed by atoms with Gasteiger partial charge in [-0.15, -0.1) is 0 Å². The summed E-state index contributed by atoms with van der Waals surface area (Å²) in [7, 11) is 0. The van der Waals surface area contributed by atoms with E-state index in [9.17, 15) is 9.59 Å². The molecule has 0 aromatic heterocycles. The number of nitrogens with one attached hydrogen (secondary N) is 1. The Kier molecular flexibility index (Phi) is 5.89. The smallest absolute Gasteiger partial charge is 0.408 e. The molecule has 2 N–H and O–H groups in total. The number of aliphatic carboxylic acids is 1. The van der Waals surface area contributed by atoms with Gasteiger partial charge in [0.15, 0.2) is 0 Å². The highest BCUT2D eigenvalue weighted by Crippen LogP contribution is 2.16. The van der Waals surface area contributed by atoms with Gasteiger partial charge in [-0.25, -0.2) is 9.59 Å². The summed E-state index contributed by atoms with van der Waals surface area (Å²) < 4.78 is 4.68. The summed E-state index contributed by atoms with van der Waals surface area (Å²) in [5.41, 5.74) is 0.639. The van der Waals surface area contributed by atoms with Crippen molar-refractivity contribution in [1.82, 2.24) is 5.32 Å². The number of carboxylic acids is 1. The summed E-state index contributed by atoms with van der Waals surface area (Å²) in [4.78, 5) is 22.4. The van der Waals surface area contributed by atoms with Gasteiger partial charge in [0.1, 0.15) is 12.6 Å². The zero-order valence-electron chi connectivity index (χ0n) is 10.1. The molecule has 1 amide bonds. The van der Waals surface area contributed by atoms with E-state index in [1.54, 1.807) is 24.3 Å². The van der Waals surface area contributed by atoms with E-state index >= 15 is 0 Å². The molecule has 0 bridgehead atoms. The molecule has 1 aromatic rings. The molecule has 102 valence electrons. The fourth-order valence-electron chi connectivity index (χ4n) is 1.40. The van der Waals surface area contributed by atoms with E-state index in [4.69, 9.17) is 16.7 Å². The lowest BCUT2D eigenvalue weighted by atomic mass is 10.1. The topological polar surface area (TPSA) is 75.6 Å². The third kappa shape index (κ3) is 5.01. The van der Waals surface area contributed by atoms with Crippen molar-refractivity contribution in [1.29, 1.82) is 0 Å². The van der Waals surface area contributed by atoms with Crippen LogP contribution in [0.15, 0.2) is 36.9 Å². The minimum atomic E-state index is -1.16. The Balaban J connectivity index is 2.68. The largest absolute Gasteiger partial charge is 0.480 e. The molecule has 5 nitrogen and oxygen atoms in total. The fraction of sp³-hybridized carbons (Fsp3) is 0.231. The van der Waals surface area contributed by atoms with Gasteiger partial charge in [0, 0.05) is 11.4 Å². The van der Waals surface area contributed by atoms with Gasteiger partial charge in [0.05, 0.1) is 0 Å². The highest BCUT2D eigenvalue weighted by Gasteiger charge is 2.21. The lowest BCUT2D eigenvalue weighted by molar-refractivity contribution is -0.139. The van der Waals surface area contributed by atoms with Crippen LogP contribution >= 0.6 is 11.6 Å². The maximum atomic E-state index is 11.3. The molecular weight excluding hydrogens is 270 g/mol. The van der Waals surface area contributed by atoms with Crippen LogP contribution in [0, 0.1) is 0 Å². The van der Waals surface area contributed by atoms with Crippen LogP contribution in [-0.4, -0.2) is 29.8 Å². The van der Waals surface area contributed by atoms with Gasteiger partial charge in [-0.05, 0) is 11.6 Å². The van der Waals surface area contributed by atoms with Crippen LogP contribution in [0.2, 0.25) is 5.02 Å². The molecule has 0 spiro atoms. The van der Waals surface area contributed by atoms with Crippen molar-refractivity contribution >= 4 is 23.7 Å². The number of hydrogen-bond acceptors (Lipinski definition) is 3. The van der Waals surface area contributed by atoms with E-state index in [1.165, 1.54) is 6.08 Å². The summed E-state index contributed by atoms with van der Waals surface area (Å²) >= 11 is 5.94. The minimum absolute atomic E-state index is 0.0181. The zero-order chi connectivity index (χ0) is 14.3. The number of alkyl carbamates (subject to hydrolysis) is 1. The molecule has 0 heterocycles. The van der Waals surface area contributed by atoms with E-state index < -0.39 is 18.1 Å². The Morgan fingerprint density at radius 3 is 2.74 bits per heavy atom. The highest BCUT2D eigenvalue weighted by atomic mass is 35.5. The first-order valence-corrected chi connectivity index (χ1v) is 5.92. The molecule has 1 aromatic carbocycles. The van der Waals surface area contributed by atoms with E-state index in [0.717, 1.165) is 0 Å². The predicted molar refractivity (Wildman–Crippen MR) is 71.3 cm³/mol. The second kappa shape index (κ2) is 7.43. The molecule has 6 heteroatoms. The normalized spacial score (nSPS) is 11.4. The number of amides is 1. The first kappa shape index (κ1) is 15.0. The molecular formula is C13H14ClNO4. The van der Waals surface area contributed by atoms with Crippen LogP contribution in [0.25, 0.3) is 0 Å². The first-order valence-electron chi connectivity index (χ1n) is 5.55. The van der Waals surface area contributed by atoms with Crippen LogP contribution in [-0.2, 0) is 16.0 Å². The zero-order valence-corrected chi connectivity index (χ0v) is 10.9. The van der Waals surface area contributed by atoms with Crippen LogP contribution < -0.4 is 5.32 Å². The van der Waals surface area contributed by atoms with Crippen molar-refractivity contribution in [3.8, 4) is 0 Å². The van der Waals surface area contributed by atoms with Crippen molar-refractivity contribution in [3.63, 3.8) is 0 Å². The van der Waals surface area contributed by atoms with Crippen molar-refractivity contribution in [2.24, 2.45) is 0 Å². The SMILES string of the molecule is C=CCOC(=O)N[C@@H](Cc1ccccc1Cl)C(=O)O. The lowest BCUT2D eigenvalue weighted by Gasteiger charge is -2.14. The van der Waals surface area contributed by atoms with Crippen LogP contribution in [0.1, 0.15) is 5.56 Å². The van der Waals surface area contributed by atoms with Gasteiger partial charge in [0.2, 0.25) is 0 Å². The standard InChI is InChI=1S/C13H14ClNO4/c1-2-7-19-13(18)15-11(12(16)17)8-9-5-3-4-6-10(9)14/h2-6,11H,1,7-8H2,(H,15,18)(H,16,17)/t11-/m0/s1. The average molecular weight is 284 g/mol. The summed E-state index contributed by atoms with van der Waals surface area (Å²) in [6.45, 7) is 3.41. The van der Waals surface area contributed by atoms with Gasteiger partial charge in [-0.1, -0.05) is 42.5 Å². The fourth-order valence-corrected chi connectivity index (χ4v) is 1.62. The van der Waals surface area contributed by atoms with Gasteiger partial charge >= 0.3 is 12.1 Å². The Bertz CT molecular complexity index is 475. The number of halogens is 1. The molecule has 0 saturated carbocycles. The maximum Gasteiger partial charge on any atom is 0.408 e. The first-order chi connectivity index (χ1) is 9.04. The molecule has 1 atom stereocenters. The molecule has 1 rings (SSSR count). The molecule has 0 saturated heterocycles. The predicted octanol–water partition coefficient (Wildman–Crippen LogP) is 2.25. The Labute approximate surface area is 115 Å². The van der Waals surface area contributed by atoms with Crippen molar-refractivity contribution in [2.45, 2.75) is 12.5 Å². The van der Waals surface area contributed by atoms with Gasteiger partial charge in [-0.2, -0.15) is 0 Å². The number of benzene rings is 1. The minimum Gasteiger partial charge on any atom is -0.480 e. The molecule has 0 aliphatic carbocycles. The van der Waals surface area contributed by atoms with E-state index in [-0.39, 0.29) is 13.0 Å². The summed E-state index contributed by atoms with van der Waals surface area (Å²) in [5.74, 6) is -1.16. The number of carbonyl (C=O) groups is 2. The number of carboxylic acid groups (broad SMARTS) is 1. The monoisotopic (exact) mass is 283 g/mol. The van der Waals surface area contributed by atoms with Crippen LogP contribution in [0.3, 0.4) is 0 Å². The van der Waals surface area contributed by atoms with Gasteiger partial charge < -0.3 is 15.2 Å². The van der Waals surface area contributed by atoms with E-state index in [0.29, 0.717) is 10.6 Å². The number of carbonyl (C=O) groups excluding carboxylic acids is 1. The quantitative estimate of drug-likeness (QED) is 0.785. The Hall–Kier alpha value is -2.01. The lowest BCUT2D eigenvalue weighted by Crippen LogP contribution is -2.42. The van der Waals surface area contributed by atoms with Crippen molar-refractivity contribution in [3.05, 3.63) is 47.5 Å². The molecule has 19 heavy (non-hydrogen) atoms. The number of rotatable bonds is 6. The van der Waals surface area contributed by atoms with Crippen LogP contribution in [0.4, 0.5) is 4.79 Å². The Morgan fingerprint density at radius 1 is 1.47 bits per heavy atom. The van der Waals surface area contributed by atoms with E-state index in [2.05, 4.69) is 16.6 Å². The second-order valence-electron chi connectivity index (χ2n) is 3.72. The average Bonchev–Trinajstić information content (AvgIpc) is 2.38. The second-order valence-corrected chi connectivity index (χ2v) is 4.13. The third-order valence-corrected chi connectivity index (χ3v) is 2.67. The van der Waals surface area contributed by atoms with Gasteiger partial charge in [0.25, 0.3) is 0 Å². The van der Waals surface area contributed by atoms with Crippen LogP contribution in [0.5, 0.6) is 0 Å². The summed E-state index contributed by atoms with van der Waals surface area (Å²) in [5, 5.41) is 11.8. The maximum absolute atomic E-state index is 11.3. The van der Waals surface area contributed by atoms with Gasteiger partial charge in [-0.3, -0.25) is 0 Å².